The lowest BCUT2D eigenvalue weighted by molar-refractivity contribution is 0.216. The van der Waals surface area contributed by atoms with Gasteiger partial charge in [-0.3, -0.25) is 9.36 Å². The lowest BCUT2D eigenvalue weighted by Gasteiger charge is -2.31. The number of fused-ring (bicyclic) bond motifs is 1. The number of piperidine rings is 1. The Kier molecular flexibility index (Phi) is 5.74. The van der Waals surface area contributed by atoms with Gasteiger partial charge in [0.1, 0.15) is 16.4 Å². The lowest BCUT2D eigenvalue weighted by Crippen LogP contribution is -2.37. The summed E-state index contributed by atoms with van der Waals surface area (Å²) in [6, 6.07) is 8.24. The highest BCUT2D eigenvalue weighted by atomic mass is 32.1. The van der Waals surface area contributed by atoms with Crippen molar-refractivity contribution >= 4 is 21.6 Å². The van der Waals surface area contributed by atoms with Gasteiger partial charge in [0.2, 0.25) is 0 Å². The maximum absolute atomic E-state index is 13.9. The van der Waals surface area contributed by atoms with Crippen LogP contribution < -0.4 is 10.3 Å². The second-order valence-corrected chi connectivity index (χ2v) is 8.84. The number of aryl methyl sites for hydroxylation is 2. The highest BCUT2D eigenvalue weighted by molar-refractivity contribution is 7.19. The van der Waals surface area contributed by atoms with Crippen molar-refractivity contribution in [3.63, 3.8) is 0 Å². The average molecular weight is 412 g/mol. The fourth-order valence-electron chi connectivity index (χ4n) is 4.36. The van der Waals surface area contributed by atoms with Crippen molar-refractivity contribution in [3.8, 4) is 16.9 Å². The predicted molar refractivity (Wildman–Crippen MR) is 120 cm³/mol. The first-order valence-corrected chi connectivity index (χ1v) is 11.3. The minimum atomic E-state index is 0.121. The maximum atomic E-state index is 13.9. The van der Waals surface area contributed by atoms with E-state index in [2.05, 4.69) is 31.9 Å². The third-order valence-corrected chi connectivity index (χ3v) is 7.18. The van der Waals surface area contributed by atoms with Gasteiger partial charge in [-0.1, -0.05) is 26.0 Å². The van der Waals surface area contributed by atoms with Crippen molar-refractivity contribution in [2.24, 2.45) is 0 Å². The number of thiophene rings is 1. The molecule has 29 heavy (non-hydrogen) atoms. The monoisotopic (exact) mass is 411 g/mol. The molecule has 2 aromatic heterocycles. The van der Waals surface area contributed by atoms with Gasteiger partial charge in [0.05, 0.1) is 12.5 Å². The van der Waals surface area contributed by atoms with Gasteiger partial charge >= 0.3 is 0 Å². The van der Waals surface area contributed by atoms with Crippen molar-refractivity contribution < 1.29 is 4.74 Å². The van der Waals surface area contributed by atoms with Crippen LogP contribution in [0.3, 0.4) is 0 Å². The summed E-state index contributed by atoms with van der Waals surface area (Å²) in [5, 5.41) is 0.774. The van der Waals surface area contributed by atoms with Gasteiger partial charge in [0.25, 0.3) is 5.56 Å². The van der Waals surface area contributed by atoms with E-state index in [0.717, 1.165) is 71.7 Å². The molecule has 1 aromatic carbocycles. The number of nitrogens with zero attached hydrogens (tertiary/aromatic N) is 3. The third-order valence-electron chi connectivity index (χ3n) is 5.95. The van der Waals surface area contributed by atoms with E-state index in [1.165, 1.54) is 4.88 Å². The summed E-state index contributed by atoms with van der Waals surface area (Å²) in [5.74, 6) is 1.72. The maximum Gasteiger partial charge on any atom is 0.263 e. The first kappa shape index (κ1) is 20.1. The second kappa shape index (κ2) is 8.28. The highest BCUT2D eigenvalue weighted by Crippen LogP contribution is 2.38. The molecule has 0 amide bonds. The third kappa shape index (κ3) is 3.60. The van der Waals surface area contributed by atoms with E-state index < -0.39 is 0 Å². The van der Waals surface area contributed by atoms with Gasteiger partial charge in [0, 0.05) is 22.9 Å². The standard InChI is InChI=1S/C23H29N3O2S/c1-5-18-20(15-8-7-9-17(14-15)28-4)21-22(29-18)24-19(6-2)26(23(21)27)16-10-12-25(3)13-11-16/h7-9,14,16H,5-6,10-13H2,1-4H3. The van der Waals surface area contributed by atoms with E-state index in [1.54, 1.807) is 18.4 Å². The number of hydrogen-bond acceptors (Lipinski definition) is 5. The second-order valence-electron chi connectivity index (χ2n) is 7.76. The van der Waals surface area contributed by atoms with E-state index in [4.69, 9.17) is 9.72 Å². The van der Waals surface area contributed by atoms with Gasteiger partial charge in [-0.25, -0.2) is 4.98 Å². The molecule has 3 aromatic rings. The van der Waals surface area contributed by atoms with E-state index >= 15 is 0 Å². The molecular formula is C23H29N3O2S. The van der Waals surface area contributed by atoms with Gasteiger partial charge in [-0.2, -0.15) is 0 Å². The van der Waals surface area contributed by atoms with Gasteiger partial charge in [-0.05, 0) is 57.1 Å². The molecule has 0 atom stereocenters. The molecule has 0 saturated carbocycles. The summed E-state index contributed by atoms with van der Waals surface area (Å²) < 4.78 is 7.44. The Morgan fingerprint density at radius 1 is 1.21 bits per heavy atom. The zero-order valence-electron chi connectivity index (χ0n) is 17.7. The molecule has 1 aliphatic rings. The summed E-state index contributed by atoms with van der Waals surface area (Å²) >= 11 is 1.66. The number of ether oxygens (including phenoxy) is 1. The van der Waals surface area contributed by atoms with Crippen molar-refractivity contribution in [2.75, 3.05) is 27.2 Å². The van der Waals surface area contributed by atoms with Crippen molar-refractivity contribution in [3.05, 3.63) is 45.3 Å². The fraction of sp³-hybridized carbons (Fsp3) is 0.478. The Bertz CT molecular complexity index is 1080. The van der Waals surface area contributed by atoms with Gasteiger partial charge in [-0.15, -0.1) is 11.3 Å². The van der Waals surface area contributed by atoms with Crippen LogP contribution >= 0.6 is 11.3 Å². The molecule has 1 fully saturated rings. The molecule has 0 radical (unpaired) electrons. The summed E-state index contributed by atoms with van der Waals surface area (Å²) in [7, 11) is 3.82. The zero-order valence-corrected chi connectivity index (χ0v) is 18.5. The number of likely N-dealkylation sites (tertiary alicyclic amines) is 1. The Morgan fingerprint density at radius 2 is 1.97 bits per heavy atom. The largest absolute Gasteiger partial charge is 0.497 e. The molecule has 1 aliphatic heterocycles. The Labute approximate surface area is 176 Å². The van der Waals surface area contributed by atoms with Crippen LogP contribution in [-0.2, 0) is 12.8 Å². The van der Waals surface area contributed by atoms with Crippen molar-refractivity contribution in [1.82, 2.24) is 14.5 Å². The predicted octanol–water partition coefficient (Wildman–Crippen LogP) is 4.53. The molecule has 4 rings (SSSR count). The number of methoxy groups -OCH3 is 1. The molecule has 6 heteroatoms. The van der Waals surface area contributed by atoms with Crippen LogP contribution in [0.15, 0.2) is 29.1 Å². The Morgan fingerprint density at radius 3 is 2.62 bits per heavy atom. The molecule has 5 nitrogen and oxygen atoms in total. The lowest BCUT2D eigenvalue weighted by atomic mass is 10.0. The molecule has 154 valence electrons. The van der Waals surface area contributed by atoms with E-state index in [-0.39, 0.29) is 11.6 Å². The van der Waals surface area contributed by atoms with Crippen LogP contribution in [0.25, 0.3) is 21.3 Å². The number of rotatable bonds is 5. The number of aromatic nitrogens is 2. The SMILES string of the molecule is CCc1sc2nc(CC)n(C3CCN(C)CC3)c(=O)c2c1-c1cccc(OC)c1. The smallest absolute Gasteiger partial charge is 0.263 e. The molecular weight excluding hydrogens is 382 g/mol. The first-order chi connectivity index (χ1) is 14.1. The van der Waals surface area contributed by atoms with Crippen LogP contribution in [0, 0.1) is 0 Å². The van der Waals surface area contributed by atoms with Gasteiger partial charge in [0.15, 0.2) is 0 Å². The molecule has 0 N–H and O–H groups in total. The van der Waals surface area contributed by atoms with Crippen LogP contribution in [0.1, 0.15) is 43.4 Å². The number of hydrogen-bond donors (Lipinski definition) is 0. The first-order valence-electron chi connectivity index (χ1n) is 10.5. The quantitative estimate of drug-likeness (QED) is 0.619. The van der Waals surface area contributed by atoms with E-state index in [9.17, 15) is 4.79 Å². The van der Waals surface area contributed by atoms with Crippen LogP contribution in [-0.4, -0.2) is 41.7 Å². The minimum Gasteiger partial charge on any atom is -0.497 e. The van der Waals surface area contributed by atoms with Crippen LogP contribution in [0.2, 0.25) is 0 Å². The van der Waals surface area contributed by atoms with Crippen molar-refractivity contribution in [1.29, 1.82) is 0 Å². The highest BCUT2D eigenvalue weighted by Gasteiger charge is 2.26. The Hall–Kier alpha value is -2.18. The molecule has 0 spiro atoms. The molecule has 0 unspecified atom stereocenters. The average Bonchev–Trinajstić information content (AvgIpc) is 3.13. The molecule has 0 bridgehead atoms. The van der Waals surface area contributed by atoms with Crippen molar-refractivity contribution in [2.45, 2.75) is 45.6 Å². The van der Waals surface area contributed by atoms with Crippen LogP contribution in [0.4, 0.5) is 0 Å². The number of benzene rings is 1. The van der Waals surface area contributed by atoms with E-state index in [1.807, 2.05) is 22.8 Å². The minimum absolute atomic E-state index is 0.121. The topological polar surface area (TPSA) is 47.4 Å². The summed E-state index contributed by atoms with van der Waals surface area (Å²) in [6.45, 7) is 6.27. The Balaban J connectivity index is 1.96. The van der Waals surface area contributed by atoms with E-state index in [0.29, 0.717) is 0 Å². The summed E-state index contributed by atoms with van der Waals surface area (Å²) in [6.07, 6.45) is 3.64. The molecule has 0 aliphatic carbocycles. The fourth-order valence-corrected chi connectivity index (χ4v) is 5.51. The molecule has 1 saturated heterocycles. The normalized spacial score (nSPS) is 15.9. The summed E-state index contributed by atoms with van der Waals surface area (Å²) in [5.41, 5.74) is 2.19. The molecule has 3 heterocycles. The summed E-state index contributed by atoms with van der Waals surface area (Å²) in [4.78, 5) is 23.2. The zero-order chi connectivity index (χ0) is 20.5. The van der Waals surface area contributed by atoms with Crippen LogP contribution in [0.5, 0.6) is 5.75 Å². The van der Waals surface area contributed by atoms with Gasteiger partial charge < -0.3 is 9.64 Å².